The molecule has 0 aliphatic heterocycles. The predicted molar refractivity (Wildman–Crippen MR) is 81.8 cm³/mol. The Morgan fingerprint density at radius 3 is 2.48 bits per heavy atom. The van der Waals surface area contributed by atoms with Gasteiger partial charge in [-0.05, 0) is 25.1 Å². The Balaban J connectivity index is 0.000000173. The SMILES string of the molecule is Cc1ccc(N)cc1.O=[N+]([O-])c1ccc2cncnc2c1. The molecule has 0 spiro atoms. The number of rotatable bonds is 1. The van der Waals surface area contributed by atoms with Crippen molar-refractivity contribution in [1.82, 2.24) is 9.97 Å². The predicted octanol–water partition coefficient (Wildman–Crippen LogP) is 3.12. The average molecular weight is 282 g/mol. The van der Waals surface area contributed by atoms with Crippen LogP contribution in [0.2, 0.25) is 0 Å². The van der Waals surface area contributed by atoms with Gasteiger partial charge in [-0.15, -0.1) is 0 Å². The Bertz CT molecular complexity index is 736. The molecule has 0 saturated heterocycles. The molecule has 1 heterocycles. The number of nitrogens with two attached hydrogens (primary N) is 1. The molecule has 0 radical (unpaired) electrons. The summed E-state index contributed by atoms with van der Waals surface area (Å²) in [4.78, 5) is 17.7. The van der Waals surface area contributed by atoms with Gasteiger partial charge < -0.3 is 5.73 Å². The number of aromatic nitrogens is 2. The van der Waals surface area contributed by atoms with Crippen LogP contribution in [-0.2, 0) is 0 Å². The highest BCUT2D eigenvalue weighted by molar-refractivity contribution is 5.79. The minimum atomic E-state index is -0.443. The fourth-order valence-corrected chi connectivity index (χ4v) is 1.64. The quantitative estimate of drug-likeness (QED) is 0.420. The van der Waals surface area contributed by atoms with Crippen LogP contribution in [0.5, 0.6) is 0 Å². The molecule has 3 aromatic rings. The summed E-state index contributed by atoms with van der Waals surface area (Å²) in [5.74, 6) is 0. The highest BCUT2D eigenvalue weighted by Gasteiger charge is 2.05. The van der Waals surface area contributed by atoms with Crippen molar-refractivity contribution in [3.8, 4) is 0 Å². The molecular formula is C15H14N4O2. The molecule has 6 heteroatoms. The summed E-state index contributed by atoms with van der Waals surface area (Å²) in [5, 5.41) is 11.2. The van der Waals surface area contributed by atoms with Gasteiger partial charge in [-0.2, -0.15) is 0 Å². The van der Waals surface area contributed by atoms with E-state index in [1.165, 1.54) is 24.0 Å². The van der Waals surface area contributed by atoms with E-state index in [-0.39, 0.29) is 5.69 Å². The van der Waals surface area contributed by atoms with Gasteiger partial charge in [0.15, 0.2) is 0 Å². The summed E-state index contributed by atoms with van der Waals surface area (Å²) >= 11 is 0. The third kappa shape index (κ3) is 3.97. The number of aryl methyl sites for hydroxylation is 1. The van der Waals surface area contributed by atoms with Crippen LogP contribution < -0.4 is 5.73 Å². The van der Waals surface area contributed by atoms with Crippen molar-refractivity contribution < 1.29 is 4.92 Å². The number of non-ortho nitro benzene ring substituents is 1. The van der Waals surface area contributed by atoms with Crippen molar-refractivity contribution in [2.75, 3.05) is 5.73 Å². The molecule has 6 nitrogen and oxygen atoms in total. The lowest BCUT2D eigenvalue weighted by Gasteiger charge is -1.94. The van der Waals surface area contributed by atoms with Crippen molar-refractivity contribution in [1.29, 1.82) is 0 Å². The zero-order valence-corrected chi connectivity index (χ0v) is 11.4. The van der Waals surface area contributed by atoms with Crippen LogP contribution in [0.4, 0.5) is 11.4 Å². The number of nitro groups is 1. The van der Waals surface area contributed by atoms with Crippen molar-refractivity contribution in [2.45, 2.75) is 6.92 Å². The standard InChI is InChI=1S/C8H5N3O2.C7H9N/c12-11(13)7-2-1-6-4-9-5-10-8(6)3-7;1-6-2-4-7(8)5-3-6/h1-5H;2-5H,8H2,1H3. The van der Waals surface area contributed by atoms with Crippen LogP contribution in [0, 0.1) is 17.0 Å². The molecule has 3 rings (SSSR count). The van der Waals surface area contributed by atoms with Crippen molar-refractivity contribution in [3.63, 3.8) is 0 Å². The lowest BCUT2D eigenvalue weighted by Crippen LogP contribution is -1.88. The maximum absolute atomic E-state index is 10.4. The summed E-state index contributed by atoms with van der Waals surface area (Å²) in [7, 11) is 0. The van der Waals surface area contributed by atoms with Gasteiger partial charge >= 0.3 is 0 Å². The minimum Gasteiger partial charge on any atom is -0.399 e. The second kappa shape index (κ2) is 6.42. The van der Waals surface area contributed by atoms with E-state index in [2.05, 4.69) is 9.97 Å². The average Bonchev–Trinajstić information content (AvgIpc) is 2.50. The fraction of sp³-hybridized carbons (Fsp3) is 0.0667. The first-order valence-electron chi connectivity index (χ1n) is 6.22. The van der Waals surface area contributed by atoms with E-state index < -0.39 is 4.92 Å². The van der Waals surface area contributed by atoms with Crippen molar-refractivity contribution in [3.05, 3.63) is 70.7 Å². The number of anilines is 1. The normalized spacial score (nSPS) is 9.76. The lowest BCUT2D eigenvalue weighted by atomic mass is 10.2. The van der Waals surface area contributed by atoms with Crippen molar-refractivity contribution >= 4 is 22.3 Å². The van der Waals surface area contributed by atoms with E-state index in [1.807, 2.05) is 31.2 Å². The van der Waals surface area contributed by atoms with Gasteiger partial charge in [0.25, 0.3) is 5.69 Å². The number of hydrogen-bond acceptors (Lipinski definition) is 5. The first-order valence-corrected chi connectivity index (χ1v) is 6.22. The number of hydrogen-bond donors (Lipinski definition) is 1. The Hall–Kier alpha value is -3.02. The molecule has 0 fully saturated rings. The molecule has 0 amide bonds. The summed E-state index contributed by atoms with van der Waals surface area (Å²) in [6, 6.07) is 12.3. The third-order valence-corrected chi connectivity index (χ3v) is 2.78. The zero-order chi connectivity index (χ0) is 15.2. The highest BCUT2D eigenvalue weighted by Crippen LogP contribution is 2.17. The number of nitro benzene ring substituents is 1. The Morgan fingerprint density at radius 2 is 1.86 bits per heavy atom. The zero-order valence-electron chi connectivity index (χ0n) is 11.4. The lowest BCUT2D eigenvalue weighted by molar-refractivity contribution is -0.384. The van der Waals surface area contributed by atoms with E-state index in [4.69, 9.17) is 5.73 Å². The van der Waals surface area contributed by atoms with Crippen LogP contribution in [0.1, 0.15) is 5.56 Å². The van der Waals surface area contributed by atoms with Gasteiger partial charge in [-0.3, -0.25) is 10.1 Å². The van der Waals surface area contributed by atoms with Crippen LogP contribution in [0.25, 0.3) is 10.9 Å². The van der Waals surface area contributed by atoms with Gasteiger partial charge in [0, 0.05) is 29.4 Å². The maximum atomic E-state index is 10.4. The topological polar surface area (TPSA) is 94.9 Å². The molecule has 0 aliphatic carbocycles. The summed E-state index contributed by atoms with van der Waals surface area (Å²) in [6.45, 7) is 2.04. The summed E-state index contributed by atoms with van der Waals surface area (Å²) < 4.78 is 0. The number of benzene rings is 2. The molecule has 106 valence electrons. The second-order valence-electron chi connectivity index (χ2n) is 4.43. The molecule has 21 heavy (non-hydrogen) atoms. The summed E-state index contributed by atoms with van der Waals surface area (Å²) in [6.07, 6.45) is 2.98. The van der Waals surface area contributed by atoms with Gasteiger partial charge in [0.1, 0.15) is 6.33 Å². The minimum absolute atomic E-state index is 0.0474. The van der Waals surface area contributed by atoms with E-state index in [0.29, 0.717) is 5.52 Å². The first kappa shape index (κ1) is 14.4. The Kier molecular flexibility index (Phi) is 4.40. The van der Waals surface area contributed by atoms with Gasteiger partial charge in [0.2, 0.25) is 0 Å². The monoisotopic (exact) mass is 282 g/mol. The molecule has 0 aliphatic rings. The Morgan fingerprint density at radius 1 is 1.14 bits per heavy atom. The fourth-order valence-electron chi connectivity index (χ4n) is 1.64. The number of nitrogens with zero attached hydrogens (tertiary/aromatic N) is 3. The van der Waals surface area contributed by atoms with Gasteiger partial charge in [-0.1, -0.05) is 17.7 Å². The first-order chi connectivity index (χ1) is 10.1. The number of fused-ring (bicyclic) bond motifs is 1. The molecule has 0 bridgehead atoms. The molecule has 2 N–H and O–H groups in total. The number of nitrogen functional groups attached to an aromatic ring is 1. The molecule has 2 aromatic carbocycles. The molecule has 0 unspecified atom stereocenters. The van der Waals surface area contributed by atoms with Crippen LogP contribution >= 0.6 is 0 Å². The van der Waals surface area contributed by atoms with Gasteiger partial charge in [0.05, 0.1) is 10.4 Å². The van der Waals surface area contributed by atoms with Crippen LogP contribution in [0.3, 0.4) is 0 Å². The van der Waals surface area contributed by atoms with E-state index >= 15 is 0 Å². The van der Waals surface area contributed by atoms with Crippen LogP contribution in [-0.4, -0.2) is 14.9 Å². The second-order valence-corrected chi connectivity index (χ2v) is 4.43. The smallest absolute Gasteiger partial charge is 0.271 e. The summed E-state index contributed by atoms with van der Waals surface area (Å²) in [5.41, 5.74) is 8.14. The van der Waals surface area contributed by atoms with E-state index in [9.17, 15) is 10.1 Å². The molecule has 0 saturated carbocycles. The molecule has 0 atom stereocenters. The van der Waals surface area contributed by atoms with Crippen molar-refractivity contribution in [2.24, 2.45) is 0 Å². The Labute approximate surface area is 121 Å². The van der Waals surface area contributed by atoms with Gasteiger partial charge in [-0.25, -0.2) is 9.97 Å². The highest BCUT2D eigenvalue weighted by atomic mass is 16.6. The largest absolute Gasteiger partial charge is 0.399 e. The van der Waals surface area contributed by atoms with E-state index in [1.54, 1.807) is 12.3 Å². The molecular weight excluding hydrogens is 268 g/mol. The van der Waals surface area contributed by atoms with Crippen LogP contribution in [0.15, 0.2) is 55.0 Å². The maximum Gasteiger partial charge on any atom is 0.271 e. The van der Waals surface area contributed by atoms with E-state index in [0.717, 1.165) is 11.1 Å². The molecule has 1 aromatic heterocycles. The third-order valence-electron chi connectivity index (χ3n) is 2.78.